The van der Waals surface area contributed by atoms with Gasteiger partial charge in [0, 0.05) is 16.6 Å². The number of phenolic OH excluding ortho intramolecular Hbond substituents is 1. The van der Waals surface area contributed by atoms with Crippen molar-refractivity contribution in [2.45, 2.75) is 43.7 Å². The molecule has 4 rings (SSSR count). The first-order valence-corrected chi connectivity index (χ1v) is 10.3. The fourth-order valence-corrected chi connectivity index (χ4v) is 4.90. The molecule has 2 aromatic rings. The Morgan fingerprint density at radius 3 is 2.80 bits per heavy atom. The van der Waals surface area contributed by atoms with Gasteiger partial charge in [0.1, 0.15) is 12.4 Å². The van der Waals surface area contributed by atoms with E-state index < -0.39 is 17.7 Å². The predicted octanol–water partition coefficient (Wildman–Crippen LogP) is 5.33. The quantitative estimate of drug-likeness (QED) is 0.569. The van der Waals surface area contributed by atoms with Crippen LogP contribution in [0.4, 0.5) is 15.3 Å². The molecule has 0 aliphatic carbocycles. The summed E-state index contributed by atoms with van der Waals surface area (Å²) in [6.07, 6.45) is 2.35. The number of nitrogens with zero attached hydrogens (tertiary/aromatic N) is 1. The van der Waals surface area contributed by atoms with Crippen LogP contribution in [-0.4, -0.2) is 45.5 Å². The topological polar surface area (TPSA) is 99.1 Å². The van der Waals surface area contributed by atoms with E-state index in [1.165, 1.54) is 17.0 Å². The standard InChI is InChI=1S/C22H23ClN2O5/c23-15-4-1-3-14(11-15)18-12-17(26)6-7-19(18)24-20(27)30-13-22-9-2-5-16(8-10-22)25(22)21(28)29/h1,3-4,6-7,11-12,16,26H,2,5,8-10,13H2,(H,24,27)(H,28,29)/t16-,22+/m1/s1. The Morgan fingerprint density at radius 2 is 2.03 bits per heavy atom. The Morgan fingerprint density at radius 1 is 1.20 bits per heavy atom. The van der Waals surface area contributed by atoms with Crippen LogP contribution in [0.1, 0.15) is 32.1 Å². The lowest BCUT2D eigenvalue weighted by Gasteiger charge is -2.42. The van der Waals surface area contributed by atoms with Gasteiger partial charge in [-0.1, -0.05) is 23.7 Å². The van der Waals surface area contributed by atoms with E-state index in [0.717, 1.165) is 24.8 Å². The summed E-state index contributed by atoms with van der Waals surface area (Å²) in [7, 11) is 0. The van der Waals surface area contributed by atoms with Gasteiger partial charge in [-0.2, -0.15) is 0 Å². The van der Waals surface area contributed by atoms with Crippen molar-refractivity contribution in [1.82, 2.24) is 4.90 Å². The number of benzene rings is 2. The maximum Gasteiger partial charge on any atom is 0.411 e. The molecule has 7 nitrogen and oxygen atoms in total. The fraction of sp³-hybridized carbons (Fsp3) is 0.364. The molecule has 2 aromatic carbocycles. The Hall–Kier alpha value is -2.93. The molecule has 2 aliphatic heterocycles. The number of amides is 2. The Balaban J connectivity index is 1.49. The molecule has 2 amide bonds. The van der Waals surface area contributed by atoms with Crippen LogP contribution in [-0.2, 0) is 4.74 Å². The summed E-state index contributed by atoms with van der Waals surface area (Å²) in [6.45, 7) is 0.0201. The molecule has 2 heterocycles. The molecule has 0 saturated carbocycles. The maximum atomic E-state index is 12.6. The SMILES string of the molecule is O=C(Nc1ccc(O)cc1-c1cccc(Cl)c1)OC[C@]12CCC[C@H](CC1)N2C(=O)O. The van der Waals surface area contributed by atoms with Gasteiger partial charge in [0.15, 0.2) is 0 Å². The molecule has 0 unspecified atom stereocenters. The minimum Gasteiger partial charge on any atom is -0.508 e. The monoisotopic (exact) mass is 430 g/mol. The number of aromatic hydroxyl groups is 1. The Kier molecular flexibility index (Phi) is 5.47. The maximum absolute atomic E-state index is 12.6. The molecule has 2 aliphatic rings. The smallest absolute Gasteiger partial charge is 0.411 e. The van der Waals surface area contributed by atoms with Crippen LogP contribution < -0.4 is 5.32 Å². The van der Waals surface area contributed by atoms with Gasteiger partial charge in [-0.3, -0.25) is 10.2 Å². The number of hydrogen-bond acceptors (Lipinski definition) is 4. The van der Waals surface area contributed by atoms with Crippen LogP contribution in [0.25, 0.3) is 11.1 Å². The molecular formula is C22H23ClN2O5. The highest BCUT2D eigenvalue weighted by atomic mass is 35.5. The van der Waals surface area contributed by atoms with Crippen LogP contribution in [0, 0.1) is 0 Å². The van der Waals surface area contributed by atoms with Gasteiger partial charge in [0.25, 0.3) is 0 Å². The second-order valence-electron chi connectivity index (χ2n) is 7.90. The van der Waals surface area contributed by atoms with Gasteiger partial charge < -0.3 is 14.9 Å². The molecule has 2 fully saturated rings. The Labute approximate surface area is 179 Å². The molecule has 3 N–H and O–H groups in total. The van der Waals surface area contributed by atoms with Crippen molar-refractivity contribution in [3.8, 4) is 16.9 Å². The second-order valence-corrected chi connectivity index (χ2v) is 8.34. The summed E-state index contributed by atoms with van der Waals surface area (Å²) in [5, 5.41) is 22.8. The first kappa shape index (κ1) is 20.3. The van der Waals surface area contributed by atoms with Crippen LogP contribution >= 0.6 is 11.6 Å². The molecule has 0 aromatic heterocycles. The van der Waals surface area contributed by atoms with E-state index >= 15 is 0 Å². The third-order valence-corrected chi connectivity index (χ3v) is 6.29. The number of ether oxygens (including phenoxy) is 1. The van der Waals surface area contributed by atoms with Gasteiger partial charge in [0.2, 0.25) is 0 Å². The molecule has 2 bridgehead atoms. The summed E-state index contributed by atoms with van der Waals surface area (Å²) in [5.41, 5.74) is 1.14. The van der Waals surface area contributed by atoms with E-state index in [9.17, 15) is 19.8 Å². The van der Waals surface area contributed by atoms with Gasteiger partial charge >= 0.3 is 12.2 Å². The van der Waals surface area contributed by atoms with Crippen LogP contribution in [0.15, 0.2) is 42.5 Å². The van der Waals surface area contributed by atoms with Crippen molar-refractivity contribution in [1.29, 1.82) is 0 Å². The van der Waals surface area contributed by atoms with Gasteiger partial charge in [-0.15, -0.1) is 0 Å². The lowest BCUT2D eigenvalue weighted by atomic mass is 9.89. The zero-order valence-electron chi connectivity index (χ0n) is 16.3. The highest BCUT2D eigenvalue weighted by molar-refractivity contribution is 6.30. The highest BCUT2D eigenvalue weighted by Gasteiger charge is 2.52. The molecule has 8 heteroatoms. The number of fused-ring (bicyclic) bond motifs is 2. The van der Waals surface area contributed by atoms with Crippen molar-refractivity contribution < 1.29 is 24.5 Å². The van der Waals surface area contributed by atoms with Crippen LogP contribution in [0.3, 0.4) is 0 Å². The van der Waals surface area contributed by atoms with Crippen molar-refractivity contribution in [2.75, 3.05) is 11.9 Å². The molecule has 2 saturated heterocycles. The third-order valence-electron chi connectivity index (χ3n) is 6.05. The third kappa shape index (κ3) is 3.89. The number of carbonyl (C=O) groups is 2. The predicted molar refractivity (Wildman–Crippen MR) is 113 cm³/mol. The number of anilines is 1. The van der Waals surface area contributed by atoms with Crippen molar-refractivity contribution >= 4 is 29.5 Å². The van der Waals surface area contributed by atoms with Crippen molar-refractivity contribution in [3.05, 3.63) is 47.5 Å². The average Bonchev–Trinajstić information content (AvgIpc) is 2.94. The highest BCUT2D eigenvalue weighted by Crippen LogP contribution is 2.44. The lowest BCUT2D eigenvalue weighted by molar-refractivity contribution is 0.0110. The van der Waals surface area contributed by atoms with Gasteiger partial charge in [-0.25, -0.2) is 9.59 Å². The second kappa shape index (κ2) is 8.07. The largest absolute Gasteiger partial charge is 0.508 e. The summed E-state index contributed by atoms with van der Waals surface area (Å²) in [5.74, 6) is 0.0547. The van der Waals surface area contributed by atoms with Crippen molar-refractivity contribution in [2.24, 2.45) is 0 Å². The van der Waals surface area contributed by atoms with E-state index in [0.29, 0.717) is 29.1 Å². The molecule has 158 valence electrons. The number of nitrogens with one attached hydrogen (secondary N) is 1. The van der Waals surface area contributed by atoms with E-state index in [-0.39, 0.29) is 18.4 Å². The number of halogens is 1. The van der Waals surface area contributed by atoms with E-state index in [4.69, 9.17) is 16.3 Å². The zero-order chi connectivity index (χ0) is 21.3. The summed E-state index contributed by atoms with van der Waals surface area (Å²) in [4.78, 5) is 25.8. The van der Waals surface area contributed by atoms with E-state index in [2.05, 4.69) is 5.32 Å². The molecule has 0 radical (unpaired) electrons. The minimum absolute atomic E-state index is 0.00874. The summed E-state index contributed by atoms with van der Waals surface area (Å²) in [6, 6.07) is 11.7. The minimum atomic E-state index is -0.956. The van der Waals surface area contributed by atoms with Gasteiger partial charge in [-0.05, 0) is 68.0 Å². The lowest BCUT2D eigenvalue weighted by Crippen LogP contribution is -2.55. The van der Waals surface area contributed by atoms with Gasteiger partial charge in [0.05, 0.1) is 11.2 Å². The molecular weight excluding hydrogens is 408 g/mol. The number of hydrogen-bond donors (Lipinski definition) is 3. The normalized spacial score (nSPS) is 22.6. The number of carboxylic acid groups (broad SMARTS) is 1. The first-order chi connectivity index (χ1) is 14.4. The Bertz CT molecular complexity index is 978. The van der Waals surface area contributed by atoms with E-state index in [1.807, 2.05) is 6.07 Å². The fourth-order valence-electron chi connectivity index (χ4n) is 4.71. The number of piperidine rings is 1. The average molecular weight is 431 g/mol. The van der Waals surface area contributed by atoms with E-state index in [1.54, 1.807) is 24.3 Å². The summed E-state index contributed by atoms with van der Waals surface area (Å²) < 4.78 is 5.49. The number of rotatable bonds is 4. The molecule has 30 heavy (non-hydrogen) atoms. The number of phenols is 1. The first-order valence-electron chi connectivity index (χ1n) is 9.93. The van der Waals surface area contributed by atoms with Crippen molar-refractivity contribution in [3.63, 3.8) is 0 Å². The number of carbonyl (C=O) groups excluding carboxylic acids is 1. The summed E-state index contributed by atoms with van der Waals surface area (Å²) >= 11 is 6.08. The molecule has 0 spiro atoms. The van der Waals surface area contributed by atoms with Crippen LogP contribution in [0.2, 0.25) is 5.02 Å². The van der Waals surface area contributed by atoms with Crippen LogP contribution in [0.5, 0.6) is 5.75 Å². The molecule has 2 atom stereocenters. The zero-order valence-corrected chi connectivity index (χ0v) is 17.1.